The molecule has 1 aromatic rings. The number of aromatic nitrogens is 1. The fourth-order valence-corrected chi connectivity index (χ4v) is 2.15. The van der Waals surface area contributed by atoms with Gasteiger partial charge in [-0.1, -0.05) is 0 Å². The smallest absolute Gasteiger partial charge is 0.384 e. The fourth-order valence-electron chi connectivity index (χ4n) is 2.15. The molecule has 1 aromatic heterocycles. The van der Waals surface area contributed by atoms with E-state index < -0.39 is 11.7 Å². The Labute approximate surface area is 109 Å². The van der Waals surface area contributed by atoms with Crippen molar-refractivity contribution in [1.82, 2.24) is 9.88 Å². The Balaban J connectivity index is 2.10. The van der Waals surface area contributed by atoms with E-state index in [1.165, 1.54) is 0 Å². The lowest BCUT2D eigenvalue weighted by atomic mass is 10.1. The summed E-state index contributed by atoms with van der Waals surface area (Å²) in [6.07, 6.45) is -2.64. The molecule has 0 bridgehead atoms. The van der Waals surface area contributed by atoms with Gasteiger partial charge in [-0.05, 0) is 45.1 Å². The van der Waals surface area contributed by atoms with Gasteiger partial charge in [0.2, 0.25) is 0 Å². The average Bonchev–Trinajstić information content (AvgIpc) is 2.30. The maximum absolute atomic E-state index is 12.7. The van der Waals surface area contributed by atoms with Crippen LogP contribution in [0.5, 0.6) is 0 Å². The first-order chi connectivity index (χ1) is 8.84. The van der Waals surface area contributed by atoms with Crippen molar-refractivity contribution in [3.8, 4) is 0 Å². The Morgan fingerprint density at radius 3 is 2.53 bits per heavy atom. The monoisotopic (exact) mass is 274 g/mol. The van der Waals surface area contributed by atoms with E-state index in [1.807, 2.05) is 7.05 Å². The molecule has 0 spiro atoms. The van der Waals surface area contributed by atoms with E-state index >= 15 is 0 Å². The zero-order valence-corrected chi connectivity index (χ0v) is 10.7. The number of halogens is 3. The molecule has 3 N–H and O–H groups in total. The van der Waals surface area contributed by atoms with Crippen LogP contribution >= 0.6 is 0 Å². The highest BCUT2D eigenvalue weighted by Crippen LogP contribution is 2.31. The Morgan fingerprint density at radius 1 is 1.32 bits per heavy atom. The largest absolute Gasteiger partial charge is 0.416 e. The summed E-state index contributed by atoms with van der Waals surface area (Å²) in [5.41, 5.74) is 4.66. The first-order valence-electron chi connectivity index (χ1n) is 6.14. The van der Waals surface area contributed by atoms with E-state index in [0.717, 1.165) is 38.1 Å². The van der Waals surface area contributed by atoms with Crippen molar-refractivity contribution in [2.45, 2.75) is 25.1 Å². The Kier molecular flexibility index (Phi) is 3.84. The number of nitrogens with one attached hydrogen (secondary N) is 1. The molecule has 0 aliphatic carbocycles. The minimum Gasteiger partial charge on any atom is -0.384 e. The normalized spacial score (nSPS) is 18.5. The van der Waals surface area contributed by atoms with E-state index in [1.54, 1.807) is 0 Å². The predicted molar refractivity (Wildman–Crippen MR) is 67.8 cm³/mol. The highest BCUT2D eigenvalue weighted by Gasteiger charge is 2.31. The third kappa shape index (κ3) is 3.73. The number of nitrogens with two attached hydrogens (primary N) is 1. The van der Waals surface area contributed by atoms with E-state index in [4.69, 9.17) is 5.73 Å². The molecule has 0 atom stereocenters. The molecule has 1 aliphatic rings. The van der Waals surface area contributed by atoms with Crippen LogP contribution in [0.25, 0.3) is 0 Å². The number of hydrogen-bond acceptors (Lipinski definition) is 4. The highest BCUT2D eigenvalue weighted by atomic mass is 19.4. The molecular formula is C12H17F3N4. The number of anilines is 2. The lowest BCUT2D eigenvalue weighted by Gasteiger charge is -2.30. The SMILES string of the molecule is CN1CCC(Nc2cc(C(F)(F)F)cc(N)n2)CC1. The summed E-state index contributed by atoms with van der Waals surface area (Å²) < 4.78 is 38.0. The molecule has 1 fully saturated rings. The summed E-state index contributed by atoms with van der Waals surface area (Å²) in [4.78, 5) is 6.10. The van der Waals surface area contributed by atoms with Gasteiger partial charge >= 0.3 is 6.18 Å². The molecule has 0 amide bonds. The van der Waals surface area contributed by atoms with Gasteiger partial charge < -0.3 is 16.0 Å². The van der Waals surface area contributed by atoms with Crippen molar-refractivity contribution >= 4 is 11.6 Å². The van der Waals surface area contributed by atoms with Gasteiger partial charge in [0.1, 0.15) is 11.6 Å². The van der Waals surface area contributed by atoms with Gasteiger partial charge in [-0.2, -0.15) is 13.2 Å². The maximum atomic E-state index is 12.7. The van der Waals surface area contributed by atoms with Crippen molar-refractivity contribution in [1.29, 1.82) is 0 Å². The molecule has 1 saturated heterocycles. The minimum atomic E-state index is -4.40. The molecule has 0 saturated carbocycles. The number of pyridine rings is 1. The topological polar surface area (TPSA) is 54.2 Å². The summed E-state index contributed by atoms with van der Waals surface area (Å²) in [5, 5.41) is 3.04. The number of likely N-dealkylation sites (tertiary alicyclic amines) is 1. The van der Waals surface area contributed by atoms with E-state index in [-0.39, 0.29) is 17.7 Å². The molecule has 19 heavy (non-hydrogen) atoms. The van der Waals surface area contributed by atoms with Crippen LogP contribution in [0.4, 0.5) is 24.8 Å². The second-order valence-corrected chi connectivity index (χ2v) is 4.89. The van der Waals surface area contributed by atoms with Crippen LogP contribution in [0.15, 0.2) is 12.1 Å². The Hall–Kier alpha value is -1.50. The standard InChI is InChI=1S/C12H17F3N4/c1-19-4-2-9(3-5-19)17-11-7-8(12(13,14)15)6-10(16)18-11/h6-7,9H,2-5H2,1H3,(H3,16,17,18). The van der Waals surface area contributed by atoms with Crippen molar-refractivity contribution in [3.63, 3.8) is 0 Å². The van der Waals surface area contributed by atoms with Gasteiger partial charge in [0.15, 0.2) is 0 Å². The Bertz CT molecular complexity index is 439. The second-order valence-electron chi connectivity index (χ2n) is 4.89. The van der Waals surface area contributed by atoms with Crippen molar-refractivity contribution in [3.05, 3.63) is 17.7 Å². The summed E-state index contributed by atoms with van der Waals surface area (Å²) >= 11 is 0. The van der Waals surface area contributed by atoms with Crippen LogP contribution in [0.3, 0.4) is 0 Å². The molecule has 2 rings (SSSR count). The molecule has 0 radical (unpaired) electrons. The third-order valence-electron chi connectivity index (χ3n) is 3.24. The van der Waals surface area contributed by atoms with Crippen molar-refractivity contribution in [2.75, 3.05) is 31.2 Å². The average molecular weight is 274 g/mol. The summed E-state index contributed by atoms with van der Waals surface area (Å²) in [6, 6.07) is 2.00. The molecule has 7 heteroatoms. The number of rotatable bonds is 2. The van der Waals surface area contributed by atoms with E-state index in [9.17, 15) is 13.2 Å². The second kappa shape index (κ2) is 5.24. The van der Waals surface area contributed by atoms with Crippen LogP contribution in [0.2, 0.25) is 0 Å². The van der Waals surface area contributed by atoms with E-state index in [2.05, 4.69) is 15.2 Å². The number of nitrogen functional groups attached to an aromatic ring is 1. The van der Waals surface area contributed by atoms with Gasteiger partial charge in [-0.25, -0.2) is 4.98 Å². The zero-order valence-electron chi connectivity index (χ0n) is 10.7. The maximum Gasteiger partial charge on any atom is 0.416 e. The van der Waals surface area contributed by atoms with Crippen LogP contribution in [-0.4, -0.2) is 36.1 Å². The van der Waals surface area contributed by atoms with Gasteiger partial charge in [-0.3, -0.25) is 0 Å². The summed E-state index contributed by atoms with van der Waals surface area (Å²) in [5.74, 6) is 0.0760. The van der Waals surface area contributed by atoms with Gasteiger partial charge in [0.25, 0.3) is 0 Å². The Morgan fingerprint density at radius 2 is 1.95 bits per heavy atom. The third-order valence-corrected chi connectivity index (χ3v) is 3.24. The molecule has 2 heterocycles. The lowest BCUT2D eigenvalue weighted by Crippen LogP contribution is -2.36. The zero-order chi connectivity index (χ0) is 14.0. The summed E-state index contributed by atoms with van der Waals surface area (Å²) in [6.45, 7) is 1.85. The lowest BCUT2D eigenvalue weighted by molar-refractivity contribution is -0.137. The molecule has 4 nitrogen and oxygen atoms in total. The van der Waals surface area contributed by atoms with Crippen molar-refractivity contribution in [2.24, 2.45) is 0 Å². The molecular weight excluding hydrogens is 257 g/mol. The minimum absolute atomic E-state index is 0.120. The van der Waals surface area contributed by atoms with E-state index in [0.29, 0.717) is 0 Å². The first kappa shape index (κ1) is 13.9. The number of nitrogens with zero attached hydrogens (tertiary/aromatic N) is 2. The van der Waals surface area contributed by atoms with Crippen LogP contribution in [-0.2, 0) is 6.18 Å². The highest BCUT2D eigenvalue weighted by molar-refractivity contribution is 5.48. The van der Waals surface area contributed by atoms with Crippen LogP contribution < -0.4 is 11.1 Å². The molecule has 0 aromatic carbocycles. The quantitative estimate of drug-likeness (QED) is 0.868. The summed E-state index contributed by atoms with van der Waals surface area (Å²) in [7, 11) is 2.02. The number of alkyl halides is 3. The van der Waals surface area contributed by atoms with Crippen LogP contribution in [0.1, 0.15) is 18.4 Å². The molecule has 106 valence electrons. The van der Waals surface area contributed by atoms with Crippen LogP contribution in [0, 0.1) is 0 Å². The fraction of sp³-hybridized carbons (Fsp3) is 0.583. The number of piperidine rings is 1. The molecule has 0 unspecified atom stereocenters. The predicted octanol–water partition coefficient (Wildman–Crippen LogP) is 2.19. The number of hydrogen-bond donors (Lipinski definition) is 2. The van der Waals surface area contributed by atoms with Gasteiger partial charge in [0.05, 0.1) is 5.56 Å². The first-order valence-corrected chi connectivity index (χ1v) is 6.14. The van der Waals surface area contributed by atoms with Gasteiger partial charge in [0, 0.05) is 6.04 Å². The van der Waals surface area contributed by atoms with Gasteiger partial charge in [-0.15, -0.1) is 0 Å². The molecule has 1 aliphatic heterocycles. The van der Waals surface area contributed by atoms with Crippen molar-refractivity contribution < 1.29 is 13.2 Å².